The molecule has 0 aromatic carbocycles. The van der Waals surface area contributed by atoms with Crippen LogP contribution in [0.2, 0.25) is 0 Å². The van der Waals surface area contributed by atoms with E-state index in [-0.39, 0.29) is 10.0 Å². The van der Waals surface area contributed by atoms with Gasteiger partial charge in [-0.3, -0.25) is 0 Å². The first-order valence-corrected chi connectivity index (χ1v) is 8.51. The highest BCUT2D eigenvalue weighted by Crippen LogP contribution is 2.56. The van der Waals surface area contributed by atoms with Crippen molar-refractivity contribution >= 4 is 10.0 Å². The summed E-state index contributed by atoms with van der Waals surface area (Å²) >= 11 is 0. The fraction of sp³-hybridized carbons (Fsp3) is 1.00. The second kappa shape index (κ2) is 4.44. The fourth-order valence-corrected chi connectivity index (χ4v) is 7.42. The highest BCUT2D eigenvalue weighted by atomic mass is 32.3. The first-order valence-electron chi connectivity index (χ1n) is 6.20. The topological polar surface area (TPSA) is 12.0 Å². The summed E-state index contributed by atoms with van der Waals surface area (Å²) in [6.07, 6.45) is 6.01. The molecule has 0 aromatic rings. The zero-order chi connectivity index (χ0) is 10.0. The van der Waals surface area contributed by atoms with Crippen molar-refractivity contribution in [2.45, 2.75) is 51.6 Å². The molecule has 2 heterocycles. The lowest BCUT2D eigenvalue weighted by Gasteiger charge is -2.43. The van der Waals surface area contributed by atoms with E-state index in [1.807, 2.05) is 0 Å². The summed E-state index contributed by atoms with van der Waals surface area (Å²) in [6.45, 7) is 4.54. The first kappa shape index (κ1) is 10.8. The molecule has 0 amide bonds. The number of hydrogen-bond donors (Lipinski definition) is 1. The third kappa shape index (κ3) is 2.46. The van der Waals surface area contributed by atoms with Gasteiger partial charge in [0.1, 0.15) is 0 Å². The second-order valence-corrected chi connectivity index (χ2v) is 9.43. The van der Waals surface area contributed by atoms with E-state index in [0.29, 0.717) is 6.04 Å². The summed E-state index contributed by atoms with van der Waals surface area (Å²) in [7, 11) is -0.0711. The number of rotatable bonds is 2. The molecule has 0 radical (unpaired) electrons. The van der Waals surface area contributed by atoms with Crippen molar-refractivity contribution in [2.75, 3.05) is 23.0 Å². The van der Waals surface area contributed by atoms with Crippen LogP contribution in [0.25, 0.3) is 0 Å². The van der Waals surface area contributed by atoms with Gasteiger partial charge in [-0.2, -0.15) is 0 Å². The van der Waals surface area contributed by atoms with E-state index in [1.165, 1.54) is 25.7 Å². The van der Waals surface area contributed by atoms with Crippen LogP contribution in [0, 0.1) is 0 Å². The molecule has 0 saturated carbocycles. The minimum atomic E-state index is -0.0711. The van der Waals surface area contributed by atoms with Crippen LogP contribution in [0.5, 0.6) is 0 Å². The summed E-state index contributed by atoms with van der Waals surface area (Å²) in [5.41, 5.74) is 0. The molecule has 2 rings (SSSR count). The van der Waals surface area contributed by atoms with E-state index < -0.39 is 0 Å². The lowest BCUT2D eigenvalue weighted by atomic mass is 10.1. The second-order valence-electron chi connectivity index (χ2n) is 5.34. The Morgan fingerprint density at radius 3 is 2.07 bits per heavy atom. The predicted octanol–water partition coefficient (Wildman–Crippen LogP) is 2.75. The minimum Gasteiger partial charge on any atom is -0.312 e. The van der Waals surface area contributed by atoms with Gasteiger partial charge in [0.15, 0.2) is 0 Å². The van der Waals surface area contributed by atoms with Gasteiger partial charge in [-0.15, -0.1) is 0 Å². The Balaban J connectivity index is 1.79. The molecule has 0 unspecified atom stereocenters. The van der Waals surface area contributed by atoms with E-state index >= 15 is 0 Å². The standard InChI is InChI=1S/C12H25NS/c1-11(2)13-12-5-9-14(10-6-12)7-3-4-8-14/h11-13H,3-10H2,1-2H3. The molecule has 2 heteroatoms. The van der Waals surface area contributed by atoms with Crippen molar-refractivity contribution in [1.29, 1.82) is 0 Å². The average molecular weight is 215 g/mol. The molecule has 2 saturated heterocycles. The first-order chi connectivity index (χ1) is 6.70. The molecule has 1 spiro atoms. The van der Waals surface area contributed by atoms with Gasteiger partial charge in [-0.1, -0.05) is 13.8 Å². The van der Waals surface area contributed by atoms with Gasteiger partial charge in [-0.05, 0) is 48.7 Å². The molecule has 2 aliphatic rings. The lowest BCUT2D eigenvalue weighted by Crippen LogP contribution is -2.40. The van der Waals surface area contributed by atoms with Crippen molar-refractivity contribution in [2.24, 2.45) is 0 Å². The molecule has 0 bridgehead atoms. The summed E-state index contributed by atoms with van der Waals surface area (Å²) in [5, 5.41) is 3.70. The van der Waals surface area contributed by atoms with Crippen molar-refractivity contribution in [3.05, 3.63) is 0 Å². The molecule has 0 atom stereocenters. The van der Waals surface area contributed by atoms with Crippen molar-refractivity contribution in [1.82, 2.24) is 5.32 Å². The van der Waals surface area contributed by atoms with E-state index in [4.69, 9.17) is 0 Å². The molecule has 2 aliphatic heterocycles. The molecular weight excluding hydrogens is 190 g/mol. The predicted molar refractivity (Wildman–Crippen MR) is 67.6 cm³/mol. The maximum absolute atomic E-state index is 3.70. The highest BCUT2D eigenvalue weighted by Gasteiger charge is 2.32. The van der Waals surface area contributed by atoms with Crippen LogP contribution in [-0.2, 0) is 0 Å². The maximum atomic E-state index is 3.70. The quantitative estimate of drug-likeness (QED) is 0.747. The summed E-state index contributed by atoms with van der Waals surface area (Å²) in [5.74, 6) is 6.39. The number of nitrogens with one attached hydrogen (secondary N) is 1. The minimum absolute atomic E-state index is 0.0711. The lowest BCUT2D eigenvalue weighted by molar-refractivity contribution is 0.437. The Morgan fingerprint density at radius 1 is 1.00 bits per heavy atom. The van der Waals surface area contributed by atoms with Gasteiger partial charge >= 0.3 is 0 Å². The molecule has 1 nitrogen and oxygen atoms in total. The Labute approximate surface area is 90.4 Å². The zero-order valence-electron chi connectivity index (χ0n) is 9.72. The van der Waals surface area contributed by atoms with Crippen LogP contribution in [0.4, 0.5) is 0 Å². The normalized spacial score (nSPS) is 29.9. The third-order valence-corrected chi connectivity index (χ3v) is 8.29. The smallest absolute Gasteiger partial charge is 0.00840 e. The van der Waals surface area contributed by atoms with E-state index in [0.717, 1.165) is 6.04 Å². The number of hydrogen-bond acceptors (Lipinski definition) is 1. The van der Waals surface area contributed by atoms with Gasteiger partial charge < -0.3 is 5.32 Å². The summed E-state index contributed by atoms with van der Waals surface area (Å²) in [6, 6.07) is 1.52. The van der Waals surface area contributed by atoms with Crippen molar-refractivity contribution in [3.63, 3.8) is 0 Å². The van der Waals surface area contributed by atoms with Crippen LogP contribution in [0.1, 0.15) is 39.5 Å². The van der Waals surface area contributed by atoms with E-state index in [9.17, 15) is 0 Å². The van der Waals surface area contributed by atoms with Gasteiger partial charge in [0.25, 0.3) is 0 Å². The van der Waals surface area contributed by atoms with Gasteiger partial charge in [0.2, 0.25) is 0 Å². The van der Waals surface area contributed by atoms with E-state index in [1.54, 1.807) is 23.0 Å². The largest absolute Gasteiger partial charge is 0.312 e. The molecule has 0 aromatic heterocycles. The van der Waals surface area contributed by atoms with Crippen LogP contribution >= 0.6 is 10.0 Å². The van der Waals surface area contributed by atoms with Crippen LogP contribution in [0.15, 0.2) is 0 Å². The van der Waals surface area contributed by atoms with Crippen molar-refractivity contribution < 1.29 is 0 Å². The molecule has 2 fully saturated rings. The Bertz CT molecular complexity index is 175. The average Bonchev–Trinajstić information content (AvgIpc) is 2.58. The molecule has 0 aliphatic carbocycles. The molecular formula is C12H25NS. The Hall–Kier alpha value is 0.310. The maximum Gasteiger partial charge on any atom is 0.00840 e. The Morgan fingerprint density at radius 2 is 1.57 bits per heavy atom. The van der Waals surface area contributed by atoms with Gasteiger partial charge in [0.05, 0.1) is 0 Å². The monoisotopic (exact) mass is 215 g/mol. The SMILES string of the molecule is CC(C)NC1CCS2(CCCC2)CC1. The van der Waals surface area contributed by atoms with Crippen LogP contribution in [0.3, 0.4) is 0 Å². The van der Waals surface area contributed by atoms with Gasteiger partial charge in [0, 0.05) is 12.1 Å². The fourth-order valence-electron chi connectivity index (χ4n) is 3.00. The zero-order valence-corrected chi connectivity index (χ0v) is 10.5. The molecule has 84 valence electrons. The highest BCUT2D eigenvalue weighted by molar-refractivity contribution is 8.33. The van der Waals surface area contributed by atoms with Crippen LogP contribution in [-0.4, -0.2) is 35.1 Å². The van der Waals surface area contributed by atoms with E-state index in [2.05, 4.69) is 19.2 Å². The molecule has 1 N–H and O–H groups in total. The van der Waals surface area contributed by atoms with Gasteiger partial charge in [-0.25, -0.2) is 10.0 Å². The van der Waals surface area contributed by atoms with Crippen LogP contribution < -0.4 is 5.32 Å². The van der Waals surface area contributed by atoms with Crippen molar-refractivity contribution in [3.8, 4) is 0 Å². The summed E-state index contributed by atoms with van der Waals surface area (Å²) < 4.78 is 0. The molecule has 14 heavy (non-hydrogen) atoms. The Kier molecular flexibility index (Phi) is 3.43. The summed E-state index contributed by atoms with van der Waals surface area (Å²) in [4.78, 5) is 0. The third-order valence-electron chi connectivity index (χ3n) is 3.77.